The van der Waals surface area contributed by atoms with Gasteiger partial charge in [0.05, 0.1) is 5.41 Å². The molecule has 2 aliphatic rings. The summed E-state index contributed by atoms with van der Waals surface area (Å²) in [4.78, 5) is 27.4. The number of nitrogens with one attached hydrogen (secondary N) is 2. The SMILES string of the molecule is CC1(C(=O)NCCNC2CCCCCC2)CCCN(C(=O)c2ccccc2)C1. The van der Waals surface area contributed by atoms with Gasteiger partial charge in [-0.2, -0.15) is 0 Å². The molecule has 1 atom stereocenters. The Morgan fingerprint density at radius 1 is 1.04 bits per heavy atom. The van der Waals surface area contributed by atoms with Crippen molar-refractivity contribution in [1.29, 1.82) is 0 Å². The van der Waals surface area contributed by atoms with Gasteiger partial charge in [-0.1, -0.05) is 43.9 Å². The van der Waals surface area contributed by atoms with Gasteiger partial charge in [0.1, 0.15) is 0 Å². The van der Waals surface area contributed by atoms with E-state index in [0.717, 1.165) is 25.9 Å². The van der Waals surface area contributed by atoms with E-state index in [0.29, 0.717) is 24.7 Å². The highest BCUT2D eigenvalue weighted by Gasteiger charge is 2.39. The lowest BCUT2D eigenvalue weighted by Crippen LogP contribution is -2.52. The zero-order valence-electron chi connectivity index (χ0n) is 17.2. The van der Waals surface area contributed by atoms with Gasteiger partial charge in [0.2, 0.25) is 5.91 Å². The molecule has 2 N–H and O–H groups in total. The van der Waals surface area contributed by atoms with Crippen LogP contribution in [0.25, 0.3) is 0 Å². The second-order valence-electron chi connectivity index (χ2n) is 8.66. The van der Waals surface area contributed by atoms with Crippen LogP contribution in [0.15, 0.2) is 30.3 Å². The Morgan fingerprint density at radius 2 is 1.75 bits per heavy atom. The van der Waals surface area contributed by atoms with Gasteiger partial charge in [-0.3, -0.25) is 9.59 Å². The van der Waals surface area contributed by atoms with Crippen LogP contribution in [-0.2, 0) is 4.79 Å². The monoisotopic (exact) mass is 385 g/mol. The van der Waals surface area contributed by atoms with Crippen LogP contribution < -0.4 is 10.6 Å². The molecular weight excluding hydrogens is 350 g/mol. The summed E-state index contributed by atoms with van der Waals surface area (Å²) in [6.45, 7) is 4.67. The highest BCUT2D eigenvalue weighted by atomic mass is 16.2. The van der Waals surface area contributed by atoms with Gasteiger partial charge in [-0.15, -0.1) is 0 Å². The molecule has 1 aromatic carbocycles. The van der Waals surface area contributed by atoms with Gasteiger partial charge < -0.3 is 15.5 Å². The van der Waals surface area contributed by atoms with E-state index in [1.165, 1.54) is 38.5 Å². The van der Waals surface area contributed by atoms with Gasteiger partial charge in [0.15, 0.2) is 0 Å². The van der Waals surface area contributed by atoms with Gasteiger partial charge >= 0.3 is 0 Å². The van der Waals surface area contributed by atoms with Crippen LogP contribution in [-0.4, -0.2) is 48.9 Å². The normalized spacial score (nSPS) is 23.8. The molecule has 0 radical (unpaired) electrons. The van der Waals surface area contributed by atoms with Crippen LogP contribution in [0.5, 0.6) is 0 Å². The molecule has 1 heterocycles. The number of piperidine rings is 1. The highest BCUT2D eigenvalue weighted by Crippen LogP contribution is 2.30. The number of likely N-dealkylation sites (tertiary alicyclic amines) is 1. The van der Waals surface area contributed by atoms with Crippen molar-refractivity contribution in [2.45, 2.75) is 64.3 Å². The minimum atomic E-state index is -0.509. The number of carbonyl (C=O) groups excluding carboxylic acids is 2. The number of nitrogens with zero attached hydrogens (tertiary/aromatic N) is 1. The maximum Gasteiger partial charge on any atom is 0.253 e. The first-order chi connectivity index (χ1) is 13.6. The third-order valence-electron chi connectivity index (χ3n) is 6.25. The molecule has 154 valence electrons. The second kappa shape index (κ2) is 10.1. The Balaban J connectivity index is 1.46. The topological polar surface area (TPSA) is 61.4 Å². The Kier molecular flexibility index (Phi) is 7.49. The third kappa shape index (κ3) is 5.57. The molecule has 1 saturated heterocycles. The van der Waals surface area contributed by atoms with E-state index in [2.05, 4.69) is 10.6 Å². The molecule has 0 aromatic heterocycles. The van der Waals surface area contributed by atoms with Crippen molar-refractivity contribution in [3.05, 3.63) is 35.9 Å². The Hall–Kier alpha value is -1.88. The predicted octanol–water partition coefficient (Wildman–Crippen LogP) is 3.36. The molecule has 0 spiro atoms. The molecule has 1 unspecified atom stereocenters. The zero-order valence-corrected chi connectivity index (χ0v) is 17.2. The van der Waals surface area contributed by atoms with Gasteiger partial charge in [0.25, 0.3) is 5.91 Å². The third-order valence-corrected chi connectivity index (χ3v) is 6.25. The fraction of sp³-hybridized carbons (Fsp3) is 0.652. The fourth-order valence-electron chi connectivity index (χ4n) is 4.51. The molecule has 28 heavy (non-hydrogen) atoms. The lowest BCUT2D eigenvalue weighted by atomic mass is 9.80. The average molecular weight is 386 g/mol. The number of carbonyl (C=O) groups is 2. The van der Waals surface area contributed by atoms with E-state index < -0.39 is 5.41 Å². The van der Waals surface area contributed by atoms with Crippen LogP contribution in [0.3, 0.4) is 0 Å². The predicted molar refractivity (Wildman–Crippen MR) is 112 cm³/mol. The van der Waals surface area contributed by atoms with Crippen molar-refractivity contribution in [1.82, 2.24) is 15.5 Å². The summed E-state index contributed by atoms with van der Waals surface area (Å²) in [5.41, 5.74) is 0.185. The first kappa shape index (κ1) is 20.8. The van der Waals surface area contributed by atoms with E-state index in [4.69, 9.17) is 0 Å². The summed E-state index contributed by atoms with van der Waals surface area (Å²) in [7, 11) is 0. The second-order valence-corrected chi connectivity index (χ2v) is 8.66. The smallest absolute Gasteiger partial charge is 0.253 e. The van der Waals surface area contributed by atoms with Gasteiger partial charge in [0, 0.05) is 37.8 Å². The fourth-order valence-corrected chi connectivity index (χ4v) is 4.51. The molecule has 1 aliphatic heterocycles. The Bertz CT molecular complexity index is 641. The largest absolute Gasteiger partial charge is 0.354 e. The van der Waals surface area contributed by atoms with Crippen LogP contribution in [0.4, 0.5) is 0 Å². The van der Waals surface area contributed by atoms with Crippen molar-refractivity contribution >= 4 is 11.8 Å². The molecule has 0 bridgehead atoms. The summed E-state index contributed by atoms with van der Waals surface area (Å²) in [5.74, 6) is 0.0927. The summed E-state index contributed by atoms with van der Waals surface area (Å²) in [6.07, 6.45) is 9.53. The van der Waals surface area contributed by atoms with Crippen LogP contribution in [0.1, 0.15) is 68.6 Å². The van der Waals surface area contributed by atoms with Crippen LogP contribution in [0.2, 0.25) is 0 Å². The maximum absolute atomic E-state index is 12.9. The van der Waals surface area contributed by atoms with Crippen molar-refractivity contribution in [2.75, 3.05) is 26.2 Å². The molecule has 5 heteroatoms. The molecule has 1 aliphatic carbocycles. The van der Waals surface area contributed by atoms with Crippen molar-refractivity contribution in [2.24, 2.45) is 5.41 Å². The number of rotatable bonds is 6. The molecule has 1 aromatic rings. The number of benzene rings is 1. The maximum atomic E-state index is 12.9. The highest BCUT2D eigenvalue weighted by molar-refractivity contribution is 5.95. The summed E-state index contributed by atoms with van der Waals surface area (Å²) >= 11 is 0. The van der Waals surface area contributed by atoms with E-state index in [1.807, 2.05) is 42.2 Å². The number of hydrogen-bond acceptors (Lipinski definition) is 3. The van der Waals surface area contributed by atoms with Gasteiger partial charge in [-0.25, -0.2) is 0 Å². The average Bonchev–Trinajstić information content (AvgIpc) is 3.00. The molecular formula is C23H35N3O2. The summed E-state index contributed by atoms with van der Waals surface area (Å²) in [6, 6.07) is 9.95. The molecule has 1 saturated carbocycles. The quantitative estimate of drug-likeness (QED) is 0.583. The first-order valence-electron chi connectivity index (χ1n) is 10.9. The van der Waals surface area contributed by atoms with E-state index in [-0.39, 0.29) is 11.8 Å². The van der Waals surface area contributed by atoms with E-state index in [1.54, 1.807) is 0 Å². The lowest BCUT2D eigenvalue weighted by Gasteiger charge is -2.39. The molecule has 2 fully saturated rings. The lowest BCUT2D eigenvalue weighted by molar-refractivity contribution is -0.132. The molecule has 2 amide bonds. The zero-order chi connectivity index (χ0) is 19.8. The van der Waals surface area contributed by atoms with E-state index >= 15 is 0 Å². The Labute approximate surface area is 169 Å². The van der Waals surface area contributed by atoms with Crippen LogP contribution in [0, 0.1) is 5.41 Å². The number of amides is 2. The minimum Gasteiger partial charge on any atom is -0.354 e. The summed E-state index contributed by atoms with van der Waals surface area (Å²) in [5, 5.41) is 6.71. The Morgan fingerprint density at radius 3 is 2.46 bits per heavy atom. The standard InChI is InChI=1S/C23H35N3O2/c1-23(22(28)25-16-15-24-20-12-7-2-3-8-13-20)14-9-17-26(18-23)21(27)19-10-5-4-6-11-19/h4-6,10-11,20,24H,2-3,7-9,12-18H2,1H3,(H,25,28). The first-order valence-corrected chi connectivity index (χ1v) is 10.9. The van der Waals surface area contributed by atoms with Crippen molar-refractivity contribution in [3.8, 4) is 0 Å². The number of hydrogen-bond donors (Lipinski definition) is 2. The van der Waals surface area contributed by atoms with Crippen molar-refractivity contribution in [3.63, 3.8) is 0 Å². The molecule has 5 nitrogen and oxygen atoms in total. The van der Waals surface area contributed by atoms with Crippen molar-refractivity contribution < 1.29 is 9.59 Å². The summed E-state index contributed by atoms with van der Waals surface area (Å²) < 4.78 is 0. The van der Waals surface area contributed by atoms with Crippen LogP contribution >= 0.6 is 0 Å². The van der Waals surface area contributed by atoms with Gasteiger partial charge in [-0.05, 0) is 44.7 Å². The van der Waals surface area contributed by atoms with E-state index in [9.17, 15) is 9.59 Å². The minimum absolute atomic E-state index is 0.0226. The molecule has 3 rings (SSSR count).